The van der Waals surface area contributed by atoms with Crippen LogP contribution in [0.4, 0.5) is 5.82 Å². The van der Waals surface area contributed by atoms with Gasteiger partial charge in [-0.3, -0.25) is 9.59 Å². The average Bonchev–Trinajstić information content (AvgIpc) is 2.79. The number of fused-ring (bicyclic) bond motifs is 4. The molecule has 4 heterocycles. The summed E-state index contributed by atoms with van der Waals surface area (Å²) in [7, 11) is 1.58. The zero-order valence-corrected chi connectivity index (χ0v) is 16.8. The third kappa shape index (κ3) is 3.26. The summed E-state index contributed by atoms with van der Waals surface area (Å²) in [4.78, 5) is 26.8. The Morgan fingerprint density at radius 3 is 2.57 bits per heavy atom. The lowest BCUT2D eigenvalue weighted by atomic mass is 9.82. The molecule has 1 saturated heterocycles. The van der Waals surface area contributed by atoms with Crippen molar-refractivity contribution in [2.45, 2.75) is 18.9 Å². The third-order valence-corrected chi connectivity index (χ3v) is 6.10. The molecule has 152 valence electrons. The molecule has 0 unspecified atom stereocenters. The summed E-state index contributed by atoms with van der Waals surface area (Å²) in [6.45, 7) is 2.33. The quantitative estimate of drug-likeness (QED) is 0.728. The molecule has 30 heavy (non-hydrogen) atoms. The molecule has 1 fully saturated rings. The maximum absolute atomic E-state index is 12.9. The summed E-state index contributed by atoms with van der Waals surface area (Å²) in [6.07, 6.45) is 1.07. The van der Waals surface area contributed by atoms with Gasteiger partial charge in [-0.2, -0.15) is 0 Å². The van der Waals surface area contributed by atoms with Crippen LogP contribution in [0.15, 0.2) is 59.4 Å². The van der Waals surface area contributed by atoms with Gasteiger partial charge in [-0.1, -0.05) is 30.3 Å². The van der Waals surface area contributed by atoms with E-state index in [0.29, 0.717) is 11.6 Å². The number of hydrogen-bond acceptors (Lipinski definition) is 5. The highest BCUT2D eigenvalue weighted by Crippen LogP contribution is 2.37. The maximum atomic E-state index is 12.9. The molecule has 2 aliphatic heterocycles. The summed E-state index contributed by atoms with van der Waals surface area (Å²) < 4.78 is 1.95. The van der Waals surface area contributed by atoms with Gasteiger partial charge in [0.1, 0.15) is 0 Å². The van der Waals surface area contributed by atoms with Crippen molar-refractivity contribution in [3.05, 3.63) is 76.3 Å². The van der Waals surface area contributed by atoms with Crippen LogP contribution in [0.5, 0.6) is 0 Å². The molecule has 2 atom stereocenters. The van der Waals surface area contributed by atoms with Crippen molar-refractivity contribution in [3.63, 3.8) is 0 Å². The number of hydrogen-bond donors (Lipinski definition) is 1. The molecule has 0 aliphatic carbocycles. The summed E-state index contributed by atoms with van der Waals surface area (Å²) in [5.74, 6) is 1.17. The Morgan fingerprint density at radius 1 is 1.00 bits per heavy atom. The van der Waals surface area contributed by atoms with Crippen molar-refractivity contribution in [1.82, 2.24) is 20.1 Å². The number of pyridine rings is 1. The minimum atomic E-state index is -0.244. The largest absolute Gasteiger partial charge is 0.354 e. The second kappa shape index (κ2) is 7.40. The molecular weight excluding hydrogens is 378 g/mol. The van der Waals surface area contributed by atoms with Crippen molar-refractivity contribution < 1.29 is 4.79 Å². The lowest BCUT2D eigenvalue weighted by Crippen LogP contribution is -2.47. The molecule has 3 aromatic rings. The molecule has 2 aliphatic rings. The van der Waals surface area contributed by atoms with Crippen LogP contribution in [-0.2, 0) is 6.54 Å². The van der Waals surface area contributed by atoms with E-state index < -0.39 is 0 Å². The SMILES string of the molecule is CNC(=O)c1ccc(N2C[C@@H]3C[C@H](C2)c2cc(-c4ccccc4)cc(=O)n2C3)nn1. The first-order chi connectivity index (χ1) is 14.6. The number of benzene rings is 1. The molecule has 5 rings (SSSR count). The molecule has 1 amide bonds. The van der Waals surface area contributed by atoms with Gasteiger partial charge in [-0.25, -0.2) is 0 Å². The van der Waals surface area contributed by atoms with Crippen LogP contribution >= 0.6 is 0 Å². The number of anilines is 1. The fourth-order valence-electron chi connectivity index (χ4n) is 4.69. The molecule has 1 aromatic carbocycles. The number of nitrogens with one attached hydrogen (secondary N) is 1. The highest BCUT2D eigenvalue weighted by atomic mass is 16.1. The predicted octanol–water partition coefficient (Wildman–Crippen LogP) is 2.29. The lowest BCUT2D eigenvalue weighted by Gasteiger charge is -2.43. The Hall–Kier alpha value is -3.48. The van der Waals surface area contributed by atoms with Gasteiger partial charge in [0.05, 0.1) is 0 Å². The Morgan fingerprint density at radius 2 is 1.83 bits per heavy atom. The minimum Gasteiger partial charge on any atom is -0.354 e. The van der Waals surface area contributed by atoms with Gasteiger partial charge >= 0.3 is 0 Å². The summed E-state index contributed by atoms with van der Waals surface area (Å²) in [5.41, 5.74) is 3.50. The molecule has 0 saturated carbocycles. The fourth-order valence-corrected chi connectivity index (χ4v) is 4.69. The smallest absolute Gasteiger partial charge is 0.271 e. The first-order valence-electron chi connectivity index (χ1n) is 10.2. The van der Waals surface area contributed by atoms with Crippen molar-refractivity contribution in [2.75, 3.05) is 25.0 Å². The number of amides is 1. The molecule has 7 nitrogen and oxygen atoms in total. The zero-order valence-electron chi connectivity index (χ0n) is 16.8. The van der Waals surface area contributed by atoms with E-state index in [2.05, 4.69) is 26.5 Å². The number of rotatable bonds is 3. The monoisotopic (exact) mass is 401 g/mol. The Bertz CT molecular complexity index is 1140. The Balaban J connectivity index is 1.46. The second-order valence-corrected chi connectivity index (χ2v) is 8.04. The van der Waals surface area contributed by atoms with Gasteiger partial charge in [0.15, 0.2) is 11.5 Å². The van der Waals surface area contributed by atoms with E-state index >= 15 is 0 Å². The molecule has 2 aromatic heterocycles. The Labute approximate surface area is 174 Å². The van der Waals surface area contributed by atoms with Crippen LogP contribution in [0, 0.1) is 5.92 Å². The van der Waals surface area contributed by atoms with Crippen LogP contribution in [0.3, 0.4) is 0 Å². The van der Waals surface area contributed by atoms with Gasteiger partial charge in [0, 0.05) is 44.4 Å². The Kier molecular flexibility index (Phi) is 4.58. The summed E-state index contributed by atoms with van der Waals surface area (Å²) in [6, 6.07) is 17.5. The van der Waals surface area contributed by atoms with E-state index in [-0.39, 0.29) is 17.4 Å². The second-order valence-electron chi connectivity index (χ2n) is 8.04. The zero-order chi connectivity index (χ0) is 20.7. The maximum Gasteiger partial charge on any atom is 0.271 e. The van der Waals surface area contributed by atoms with Gasteiger partial charge in [0.25, 0.3) is 11.5 Å². The van der Waals surface area contributed by atoms with Gasteiger partial charge in [0.2, 0.25) is 0 Å². The highest BCUT2D eigenvalue weighted by Gasteiger charge is 2.35. The number of carbonyl (C=O) groups is 1. The van der Waals surface area contributed by atoms with Crippen molar-refractivity contribution in [2.24, 2.45) is 5.92 Å². The number of piperidine rings is 1. The fraction of sp³-hybridized carbons (Fsp3) is 0.304. The van der Waals surface area contributed by atoms with Gasteiger partial charge in [-0.15, -0.1) is 10.2 Å². The van der Waals surface area contributed by atoms with E-state index in [9.17, 15) is 9.59 Å². The van der Waals surface area contributed by atoms with Crippen molar-refractivity contribution in [3.8, 4) is 11.1 Å². The molecule has 2 bridgehead atoms. The normalized spacial score (nSPS) is 19.8. The van der Waals surface area contributed by atoms with Crippen LogP contribution in [0.2, 0.25) is 0 Å². The van der Waals surface area contributed by atoms with E-state index in [1.165, 1.54) is 0 Å². The predicted molar refractivity (Wildman–Crippen MR) is 115 cm³/mol. The molecular formula is C23H23N5O2. The minimum absolute atomic E-state index is 0.0734. The van der Waals surface area contributed by atoms with Crippen LogP contribution in [0.1, 0.15) is 28.5 Å². The van der Waals surface area contributed by atoms with Crippen molar-refractivity contribution in [1.29, 1.82) is 0 Å². The van der Waals surface area contributed by atoms with Gasteiger partial charge < -0.3 is 14.8 Å². The third-order valence-electron chi connectivity index (χ3n) is 6.10. The highest BCUT2D eigenvalue weighted by molar-refractivity contribution is 5.91. The average molecular weight is 401 g/mol. The standard InChI is InChI=1S/C23H23N5O2/c1-24-23(30)19-7-8-21(26-25-19)27-12-15-9-18(14-27)20-10-17(11-22(29)28(20)13-15)16-5-3-2-4-6-16/h2-8,10-11,15,18H,9,12-14H2,1H3,(H,24,30)/t15-,18+/m0/s1. The lowest BCUT2D eigenvalue weighted by molar-refractivity contribution is 0.0957. The van der Waals surface area contributed by atoms with E-state index in [1.807, 2.05) is 41.0 Å². The summed E-state index contributed by atoms with van der Waals surface area (Å²) >= 11 is 0. The topological polar surface area (TPSA) is 80.1 Å². The number of carbonyl (C=O) groups excluding carboxylic acids is 1. The molecule has 1 N–H and O–H groups in total. The first kappa shape index (κ1) is 18.5. The number of nitrogens with zero attached hydrogens (tertiary/aromatic N) is 4. The molecule has 0 radical (unpaired) electrons. The van der Waals surface area contributed by atoms with Crippen LogP contribution in [-0.4, -0.2) is 40.8 Å². The van der Waals surface area contributed by atoms with E-state index in [1.54, 1.807) is 19.2 Å². The summed E-state index contributed by atoms with van der Waals surface area (Å²) in [5, 5.41) is 10.9. The van der Waals surface area contributed by atoms with Gasteiger partial charge in [-0.05, 0) is 41.7 Å². The number of aromatic nitrogens is 3. The van der Waals surface area contributed by atoms with E-state index in [4.69, 9.17) is 0 Å². The van der Waals surface area contributed by atoms with Crippen molar-refractivity contribution >= 4 is 11.7 Å². The van der Waals surface area contributed by atoms with E-state index in [0.717, 1.165) is 48.7 Å². The van der Waals surface area contributed by atoms with Crippen LogP contribution in [0.25, 0.3) is 11.1 Å². The molecule has 0 spiro atoms. The molecule has 7 heteroatoms. The van der Waals surface area contributed by atoms with Crippen LogP contribution < -0.4 is 15.8 Å². The first-order valence-corrected chi connectivity index (χ1v) is 10.2.